The van der Waals surface area contributed by atoms with E-state index >= 15 is 0 Å². The molecule has 8 bridgehead atoms. The Morgan fingerprint density at radius 3 is 0.920 bits per heavy atom. The molecule has 0 saturated carbocycles. The molecule has 3 aromatic heterocycles. The molecule has 0 radical (unpaired) electrons. The van der Waals surface area contributed by atoms with Gasteiger partial charge in [-0.2, -0.15) is 0 Å². The summed E-state index contributed by atoms with van der Waals surface area (Å²) in [5, 5.41) is 10.2. The molecule has 0 aliphatic carbocycles. The van der Waals surface area contributed by atoms with Crippen LogP contribution in [-0.2, 0) is 19.5 Å². The zero-order chi connectivity index (χ0) is 32.7. The molecule has 7 aromatic rings. The maximum absolute atomic E-state index is 10.2. The number of rotatable bonds is 4. The Labute approximate surface area is 302 Å². The molecule has 0 saturated heterocycles. The SMILES string of the molecule is Oc1ccc(-c2c3nc(c(-c4ccccc4)c4ccc([nH]4)c(-c4ccccc4)c4nc(c(-c5ccccc5)c5ccc2[nH]5)C=C4)C=C3)cc1.[Zn]. The third-order valence-electron chi connectivity index (χ3n) is 9.10. The van der Waals surface area contributed by atoms with Crippen LogP contribution in [0.2, 0.25) is 0 Å². The van der Waals surface area contributed by atoms with Crippen LogP contribution in [0.15, 0.2) is 140 Å². The summed E-state index contributed by atoms with van der Waals surface area (Å²) in [7, 11) is 0. The van der Waals surface area contributed by atoms with Crippen LogP contribution in [0.5, 0.6) is 5.75 Å². The summed E-state index contributed by atoms with van der Waals surface area (Å²) in [6, 6.07) is 47.0. The van der Waals surface area contributed by atoms with Crippen molar-refractivity contribution in [2.24, 2.45) is 0 Å². The van der Waals surface area contributed by atoms with Crippen molar-refractivity contribution < 1.29 is 24.6 Å². The molecule has 5 nitrogen and oxygen atoms in total. The minimum Gasteiger partial charge on any atom is -0.508 e. The maximum atomic E-state index is 10.2. The van der Waals surface area contributed by atoms with Crippen molar-refractivity contribution in [1.29, 1.82) is 0 Å². The minimum atomic E-state index is 0. The van der Waals surface area contributed by atoms with E-state index < -0.39 is 0 Å². The van der Waals surface area contributed by atoms with Gasteiger partial charge in [-0.05, 0) is 83.0 Å². The standard InChI is InChI=1S/C44H30N4O.Zn/c49-32-18-16-31(17-19-32)44-39-26-24-37(47-39)42(29-12-6-2-7-13-29)35-22-20-33(45-35)41(28-10-4-1-5-11-28)34-21-23-36(46-34)43(30-14-8-3-9-15-30)38-25-27-40(44)48-38;/h1-27,45,48-49H;. The van der Waals surface area contributed by atoms with Crippen LogP contribution in [0.25, 0.3) is 90.9 Å². The number of phenols is 1. The zero-order valence-corrected chi connectivity index (χ0v) is 30.1. The van der Waals surface area contributed by atoms with Crippen molar-refractivity contribution in [1.82, 2.24) is 19.9 Å². The Kier molecular flexibility index (Phi) is 8.16. The molecule has 5 heterocycles. The van der Waals surface area contributed by atoms with Crippen molar-refractivity contribution >= 4 is 46.4 Å². The van der Waals surface area contributed by atoms with E-state index in [0.717, 1.165) is 89.4 Å². The largest absolute Gasteiger partial charge is 0.508 e. The summed E-state index contributed by atoms with van der Waals surface area (Å²) < 4.78 is 0. The van der Waals surface area contributed by atoms with Crippen LogP contribution in [0.1, 0.15) is 22.8 Å². The maximum Gasteiger partial charge on any atom is 0.115 e. The van der Waals surface area contributed by atoms with Gasteiger partial charge in [-0.15, -0.1) is 0 Å². The van der Waals surface area contributed by atoms with Crippen LogP contribution in [0, 0.1) is 0 Å². The molecule has 0 atom stereocenters. The molecule has 2 aliphatic rings. The summed E-state index contributed by atoms with van der Waals surface area (Å²) in [5.41, 5.74) is 15.3. The number of hydrogen-bond donors (Lipinski definition) is 3. The van der Waals surface area contributed by atoms with Gasteiger partial charge in [0.25, 0.3) is 0 Å². The molecule has 0 amide bonds. The van der Waals surface area contributed by atoms with Crippen LogP contribution in [0.4, 0.5) is 0 Å². The van der Waals surface area contributed by atoms with Gasteiger partial charge in [-0.25, -0.2) is 9.97 Å². The molecule has 6 heteroatoms. The molecular weight excluding hydrogens is 666 g/mol. The van der Waals surface area contributed by atoms with Gasteiger partial charge in [0.1, 0.15) is 5.75 Å². The fourth-order valence-corrected chi connectivity index (χ4v) is 6.86. The van der Waals surface area contributed by atoms with Crippen molar-refractivity contribution in [2.45, 2.75) is 0 Å². The van der Waals surface area contributed by atoms with Gasteiger partial charge in [0, 0.05) is 63.8 Å². The van der Waals surface area contributed by atoms with E-state index in [4.69, 9.17) is 9.97 Å². The number of benzene rings is 4. The number of aromatic hydroxyl groups is 1. The van der Waals surface area contributed by atoms with E-state index in [9.17, 15) is 5.11 Å². The van der Waals surface area contributed by atoms with E-state index in [0.29, 0.717) is 0 Å². The first-order chi connectivity index (χ1) is 24.2. The van der Waals surface area contributed by atoms with Crippen molar-refractivity contribution in [3.8, 4) is 50.3 Å². The second-order valence-electron chi connectivity index (χ2n) is 12.1. The summed E-state index contributed by atoms with van der Waals surface area (Å²) in [6.07, 6.45) is 8.40. The van der Waals surface area contributed by atoms with E-state index in [1.165, 1.54) is 0 Å². The molecule has 50 heavy (non-hydrogen) atoms. The minimum absolute atomic E-state index is 0. The molecule has 2 aliphatic heterocycles. The number of fused-ring (bicyclic) bond motifs is 8. The van der Waals surface area contributed by atoms with Crippen LogP contribution < -0.4 is 0 Å². The van der Waals surface area contributed by atoms with E-state index in [-0.39, 0.29) is 25.2 Å². The van der Waals surface area contributed by atoms with Crippen molar-refractivity contribution in [3.05, 3.63) is 162 Å². The Bertz CT molecular complexity index is 2550. The monoisotopic (exact) mass is 694 g/mol. The van der Waals surface area contributed by atoms with E-state index in [1.807, 2.05) is 30.3 Å². The topological polar surface area (TPSA) is 77.6 Å². The molecular formula is C44H30N4OZn. The number of nitrogens with one attached hydrogen (secondary N) is 2. The van der Waals surface area contributed by atoms with Crippen LogP contribution in [0.3, 0.4) is 0 Å². The number of aromatic nitrogens is 4. The molecule has 9 rings (SSSR count). The smallest absolute Gasteiger partial charge is 0.115 e. The number of aromatic amines is 2. The van der Waals surface area contributed by atoms with Gasteiger partial charge in [0.15, 0.2) is 0 Å². The molecule has 0 unspecified atom stereocenters. The first-order valence-corrected chi connectivity index (χ1v) is 16.3. The predicted octanol–water partition coefficient (Wildman–Crippen LogP) is 11.0. The Hall–Kier alpha value is -6.10. The Balaban J connectivity index is 0.00000361. The number of nitrogens with zero attached hydrogens (tertiary/aromatic N) is 2. The van der Waals surface area contributed by atoms with Gasteiger partial charge < -0.3 is 15.1 Å². The molecule has 0 fully saturated rings. The van der Waals surface area contributed by atoms with Gasteiger partial charge in [0.05, 0.1) is 22.8 Å². The Morgan fingerprint density at radius 1 is 0.340 bits per heavy atom. The van der Waals surface area contributed by atoms with Gasteiger partial charge >= 0.3 is 0 Å². The van der Waals surface area contributed by atoms with Crippen LogP contribution >= 0.6 is 0 Å². The number of H-pyrrole nitrogens is 2. The Morgan fingerprint density at radius 2 is 0.620 bits per heavy atom. The quantitative estimate of drug-likeness (QED) is 0.160. The fraction of sp³-hybridized carbons (Fsp3) is 0. The predicted molar refractivity (Wildman–Crippen MR) is 202 cm³/mol. The normalized spacial score (nSPS) is 11.8. The van der Waals surface area contributed by atoms with Crippen molar-refractivity contribution in [3.63, 3.8) is 0 Å². The fourth-order valence-electron chi connectivity index (χ4n) is 6.86. The molecule has 0 spiro atoms. The summed E-state index contributed by atoms with van der Waals surface area (Å²) in [5.74, 6) is 0.215. The zero-order valence-electron chi connectivity index (χ0n) is 27.1. The van der Waals surface area contributed by atoms with Gasteiger partial charge in [0.2, 0.25) is 0 Å². The second-order valence-corrected chi connectivity index (χ2v) is 12.1. The van der Waals surface area contributed by atoms with E-state index in [2.05, 4.69) is 131 Å². The summed E-state index contributed by atoms with van der Waals surface area (Å²) >= 11 is 0. The van der Waals surface area contributed by atoms with Crippen LogP contribution in [-0.4, -0.2) is 25.0 Å². The third-order valence-corrected chi connectivity index (χ3v) is 9.10. The van der Waals surface area contributed by atoms with E-state index in [1.54, 1.807) is 12.1 Å². The average molecular weight is 696 g/mol. The van der Waals surface area contributed by atoms with Gasteiger partial charge in [-0.3, -0.25) is 0 Å². The summed E-state index contributed by atoms with van der Waals surface area (Å²) in [6.45, 7) is 0. The molecule has 4 aromatic carbocycles. The summed E-state index contributed by atoms with van der Waals surface area (Å²) in [4.78, 5) is 18.2. The average Bonchev–Trinajstić information content (AvgIpc) is 3.98. The third kappa shape index (κ3) is 5.60. The molecule has 3 N–H and O–H groups in total. The molecule has 234 valence electrons. The van der Waals surface area contributed by atoms with Gasteiger partial charge in [-0.1, -0.05) is 103 Å². The number of phenolic OH excluding ortho intramolecular Hbond substituents is 1. The first kappa shape index (κ1) is 31.2. The second kappa shape index (κ2) is 13.1. The van der Waals surface area contributed by atoms with Crippen molar-refractivity contribution in [2.75, 3.05) is 0 Å². The number of hydrogen-bond acceptors (Lipinski definition) is 3. The first-order valence-electron chi connectivity index (χ1n) is 16.3.